The highest BCUT2D eigenvalue weighted by Gasteiger charge is 2.04. The van der Waals surface area contributed by atoms with Crippen LogP contribution in [-0.2, 0) is 13.0 Å². The average Bonchev–Trinajstić information content (AvgIpc) is 2.92. The summed E-state index contributed by atoms with van der Waals surface area (Å²) in [4.78, 5) is 0. The van der Waals surface area contributed by atoms with Crippen molar-refractivity contribution in [1.29, 1.82) is 0 Å². The number of benzene rings is 1. The minimum atomic E-state index is 0.470. The molecule has 0 aliphatic heterocycles. The van der Waals surface area contributed by atoms with E-state index >= 15 is 0 Å². The third kappa shape index (κ3) is 4.49. The lowest BCUT2D eigenvalue weighted by molar-refractivity contribution is 0.304. The molecule has 4 nitrogen and oxygen atoms in total. The molecule has 1 N–H and O–H groups in total. The Hall–Kier alpha value is -1.62. The Morgan fingerprint density at radius 3 is 2.65 bits per heavy atom. The minimum absolute atomic E-state index is 0.470. The molecule has 2 aromatic rings. The number of ether oxygens (including phenoxy) is 1. The van der Waals surface area contributed by atoms with E-state index in [0.29, 0.717) is 6.61 Å². The number of nitrogens with one attached hydrogen (secondary N) is 1. The van der Waals surface area contributed by atoms with Gasteiger partial charge in [0.15, 0.2) is 5.01 Å². The molecular formula is C15H21N3OS. The zero-order valence-corrected chi connectivity index (χ0v) is 12.9. The number of aryl methyl sites for hydroxylation is 1. The predicted molar refractivity (Wildman–Crippen MR) is 83.5 cm³/mol. The van der Waals surface area contributed by atoms with Gasteiger partial charge in [0.05, 0.1) is 0 Å². The molecule has 0 radical (unpaired) electrons. The number of unbranched alkanes of at least 4 members (excludes halogenated alkanes) is 1. The molecule has 1 aromatic carbocycles. The van der Waals surface area contributed by atoms with Crippen LogP contribution in [0.2, 0.25) is 0 Å². The van der Waals surface area contributed by atoms with Crippen molar-refractivity contribution in [2.75, 3.05) is 11.9 Å². The number of nitrogens with zero attached hydrogens (tertiary/aromatic N) is 2. The van der Waals surface area contributed by atoms with E-state index in [0.717, 1.165) is 28.9 Å². The topological polar surface area (TPSA) is 47.0 Å². The second-order valence-electron chi connectivity index (χ2n) is 4.57. The molecule has 0 fully saturated rings. The van der Waals surface area contributed by atoms with Gasteiger partial charge in [-0.3, -0.25) is 0 Å². The summed E-state index contributed by atoms with van der Waals surface area (Å²) in [5.74, 6) is 0.880. The number of hydrogen-bond acceptors (Lipinski definition) is 5. The van der Waals surface area contributed by atoms with Gasteiger partial charge in [0.2, 0.25) is 5.13 Å². The molecule has 2 rings (SSSR count). The van der Waals surface area contributed by atoms with Crippen molar-refractivity contribution in [3.63, 3.8) is 0 Å². The van der Waals surface area contributed by atoms with Gasteiger partial charge in [0.25, 0.3) is 0 Å². The van der Waals surface area contributed by atoms with Gasteiger partial charge in [-0.2, -0.15) is 0 Å². The first-order valence-electron chi connectivity index (χ1n) is 7.09. The van der Waals surface area contributed by atoms with Gasteiger partial charge >= 0.3 is 0 Å². The van der Waals surface area contributed by atoms with E-state index in [9.17, 15) is 0 Å². The highest BCUT2D eigenvalue weighted by atomic mass is 32.1. The zero-order chi connectivity index (χ0) is 14.2. The summed E-state index contributed by atoms with van der Waals surface area (Å²) in [6.07, 6.45) is 3.60. The van der Waals surface area contributed by atoms with Crippen molar-refractivity contribution < 1.29 is 4.74 Å². The van der Waals surface area contributed by atoms with Crippen LogP contribution >= 0.6 is 11.3 Å². The van der Waals surface area contributed by atoms with E-state index in [1.807, 2.05) is 19.1 Å². The third-order valence-electron chi connectivity index (χ3n) is 2.90. The number of anilines is 1. The lowest BCUT2D eigenvalue weighted by atomic mass is 10.1. The molecule has 0 aliphatic carbocycles. The van der Waals surface area contributed by atoms with Gasteiger partial charge < -0.3 is 10.1 Å². The standard InChI is InChI=1S/C15H21N3OS/c1-3-5-6-12-7-9-13(10-8-12)19-11-14-17-18-15(20-14)16-4-2/h7-10H,3-6,11H2,1-2H3,(H,16,18). The summed E-state index contributed by atoms with van der Waals surface area (Å²) in [5, 5.41) is 13.0. The van der Waals surface area contributed by atoms with Crippen molar-refractivity contribution in [1.82, 2.24) is 10.2 Å². The Balaban J connectivity index is 1.83. The number of rotatable bonds is 8. The minimum Gasteiger partial charge on any atom is -0.486 e. The first-order chi connectivity index (χ1) is 9.81. The summed E-state index contributed by atoms with van der Waals surface area (Å²) in [7, 11) is 0. The second kappa shape index (κ2) is 7.85. The maximum absolute atomic E-state index is 5.72. The van der Waals surface area contributed by atoms with Crippen molar-refractivity contribution in [2.45, 2.75) is 39.7 Å². The highest BCUT2D eigenvalue weighted by molar-refractivity contribution is 7.15. The molecule has 0 bridgehead atoms. The van der Waals surface area contributed by atoms with Crippen LogP contribution in [-0.4, -0.2) is 16.7 Å². The largest absolute Gasteiger partial charge is 0.486 e. The molecule has 5 heteroatoms. The Morgan fingerprint density at radius 1 is 1.15 bits per heavy atom. The van der Waals surface area contributed by atoms with E-state index in [4.69, 9.17) is 4.74 Å². The van der Waals surface area contributed by atoms with Gasteiger partial charge in [0.1, 0.15) is 12.4 Å². The molecule has 0 atom stereocenters. The van der Waals surface area contributed by atoms with Crippen molar-refractivity contribution in [2.24, 2.45) is 0 Å². The van der Waals surface area contributed by atoms with Crippen LogP contribution in [0.1, 0.15) is 37.3 Å². The maximum atomic E-state index is 5.72. The maximum Gasteiger partial charge on any atom is 0.205 e. The summed E-state index contributed by atoms with van der Waals surface area (Å²) >= 11 is 1.53. The second-order valence-corrected chi connectivity index (χ2v) is 5.63. The van der Waals surface area contributed by atoms with E-state index in [1.165, 1.54) is 29.7 Å². The summed E-state index contributed by atoms with van der Waals surface area (Å²) < 4.78 is 5.72. The number of aromatic nitrogens is 2. The zero-order valence-electron chi connectivity index (χ0n) is 12.1. The Labute approximate surface area is 124 Å². The third-order valence-corrected chi connectivity index (χ3v) is 3.75. The predicted octanol–water partition coefficient (Wildman–Crippen LogP) is 3.89. The smallest absolute Gasteiger partial charge is 0.205 e. The van der Waals surface area contributed by atoms with Crippen LogP contribution in [0.5, 0.6) is 5.75 Å². The fourth-order valence-electron chi connectivity index (χ4n) is 1.81. The molecule has 1 heterocycles. The van der Waals surface area contributed by atoms with Crippen molar-refractivity contribution in [3.05, 3.63) is 34.8 Å². The molecule has 0 spiro atoms. The fourth-order valence-corrected chi connectivity index (χ4v) is 2.53. The first kappa shape index (κ1) is 14.8. The lowest BCUT2D eigenvalue weighted by Crippen LogP contribution is -1.95. The van der Waals surface area contributed by atoms with Crippen molar-refractivity contribution in [3.8, 4) is 5.75 Å². The van der Waals surface area contributed by atoms with E-state index in [-0.39, 0.29) is 0 Å². The Kier molecular flexibility index (Phi) is 5.80. The van der Waals surface area contributed by atoms with E-state index in [2.05, 4.69) is 34.6 Å². The molecule has 0 amide bonds. The molecule has 0 saturated heterocycles. The molecule has 0 aliphatic rings. The number of hydrogen-bond donors (Lipinski definition) is 1. The molecule has 0 unspecified atom stereocenters. The van der Waals surface area contributed by atoms with Crippen LogP contribution in [0.4, 0.5) is 5.13 Å². The quantitative estimate of drug-likeness (QED) is 0.801. The molecule has 108 valence electrons. The van der Waals surface area contributed by atoms with E-state index in [1.54, 1.807) is 0 Å². The van der Waals surface area contributed by atoms with Gasteiger partial charge in [-0.1, -0.05) is 36.8 Å². The van der Waals surface area contributed by atoms with Crippen LogP contribution in [0.25, 0.3) is 0 Å². The van der Waals surface area contributed by atoms with Gasteiger partial charge in [-0.25, -0.2) is 0 Å². The van der Waals surface area contributed by atoms with Gasteiger partial charge in [-0.05, 0) is 37.5 Å². The molecule has 0 saturated carbocycles. The van der Waals surface area contributed by atoms with Crippen LogP contribution in [0.15, 0.2) is 24.3 Å². The molecule has 1 aromatic heterocycles. The van der Waals surface area contributed by atoms with Crippen molar-refractivity contribution >= 4 is 16.5 Å². The first-order valence-corrected chi connectivity index (χ1v) is 7.91. The van der Waals surface area contributed by atoms with Crippen LogP contribution < -0.4 is 10.1 Å². The Morgan fingerprint density at radius 2 is 1.95 bits per heavy atom. The van der Waals surface area contributed by atoms with Crippen LogP contribution in [0, 0.1) is 0 Å². The fraction of sp³-hybridized carbons (Fsp3) is 0.467. The molecular weight excluding hydrogens is 270 g/mol. The van der Waals surface area contributed by atoms with Crippen LogP contribution in [0.3, 0.4) is 0 Å². The molecule has 20 heavy (non-hydrogen) atoms. The van der Waals surface area contributed by atoms with E-state index < -0.39 is 0 Å². The summed E-state index contributed by atoms with van der Waals surface area (Å²) in [6, 6.07) is 8.32. The van der Waals surface area contributed by atoms with Gasteiger partial charge in [0, 0.05) is 6.54 Å². The van der Waals surface area contributed by atoms with Gasteiger partial charge in [-0.15, -0.1) is 10.2 Å². The highest BCUT2D eigenvalue weighted by Crippen LogP contribution is 2.19. The monoisotopic (exact) mass is 291 g/mol. The average molecular weight is 291 g/mol. The SMILES string of the molecule is CCCCc1ccc(OCc2nnc(NCC)s2)cc1. The normalized spacial score (nSPS) is 10.5. The summed E-state index contributed by atoms with van der Waals surface area (Å²) in [6.45, 7) is 5.57. The lowest BCUT2D eigenvalue weighted by Gasteiger charge is -2.05. The Bertz CT molecular complexity index is 510. The summed E-state index contributed by atoms with van der Waals surface area (Å²) in [5.41, 5.74) is 1.37.